The van der Waals surface area contributed by atoms with Crippen molar-refractivity contribution in [3.63, 3.8) is 0 Å². The monoisotopic (exact) mass is 446 g/mol. The normalized spacial score (nSPS) is 10.4. The van der Waals surface area contributed by atoms with E-state index in [0.717, 1.165) is 27.9 Å². The minimum absolute atomic E-state index is 0.0301. The van der Waals surface area contributed by atoms with Gasteiger partial charge in [-0.15, -0.1) is 0 Å². The second-order valence-electron chi connectivity index (χ2n) is 6.56. The third-order valence-corrected chi connectivity index (χ3v) is 4.88. The van der Waals surface area contributed by atoms with Crippen molar-refractivity contribution in [3.8, 4) is 5.75 Å². The van der Waals surface area contributed by atoms with E-state index in [1.807, 2.05) is 62.4 Å². The van der Waals surface area contributed by atoms with Crippen molar-refractivity contribution in [3.05, 3.63) is 58.6 Å². The molecule has 0 radical (unpaired) electrons. The Balaban J connectivity index is 1.81. The molecule has 0 aliphatic heterocycles. The number of carbonyl (C=O) groups is 2. The molecule has 2 amide bonds. The van der Waals surface area contributed by atoms with Crippen LogP contribution in [0, 0.1) is 6.92 Å². The van der Waals surface area contributed by atoms with E-state index in [1.54, 1.807) is 4.90 Å². The van der Waals surface area contributed by atoms with Crippen LogP contribution in [0.2, 0.25) is 0 Å². The molecule has 1 N–H and O–H groups in total. The smallest absolute Gasteiger partial charge is 0.244 e. The minimum atomic E-state index is -0.180. The highest BCUT2D eigenvalue weighted by Crippen LogP contribution is 2.23. The summed E-state index contributed by atoms with van der Waals surface area (Å²) in [4.78, 5) is 26.5. The number of halogens is 1. The Bertz CT molecular complexity index is 795. The van der Waals surface area contributed by atoms with Gasteiger partial charge in [0.15, 0.2) is 0 Å². The van der Waals surface area contributed by atoms with E-state index in [4.69, 9.17) is 4.74 Å². The lowest BCUT2D eigenvalue weighted by molar-refractivity contribution is -0.134. The Morgan fingerprint density at radius 2 is 1.82 bits per heavy atom. The molecule has 0 aliphatic carbocycles. The summed E-state index contributed by atoms with van der Waals surface area (Å²) in [5.74, 6) is 0.552. The summed E-state index contributed by atoms with van der Waals surface area (Å²) < 4.78 is 6.59. The van der Waals surface area contributed by atoms with Crippen molar-refractivity contribution in [1.29, 1.82) is 0 Å². The molecule has 0 unspecified atom stereocenters. The Morgan fingerprint density at radius 3 is 2.54 bits per heavy atom. The second-order valence-corrected chi connectivity index (χ2v) is 7.42. The standard InChI is InChI=1S/C22H27BrN2O3/c1-3-14-25(16-21(26)24-19-11-6-4-9-17(19)2)22(27)13-8-15-28-20-12-7-5-10-18(20)23/h4-7,9-12H,3,8,13-16H2,1-2H3,(H,24,26). The van der Waals surface area contributed by atoms with Gasteiger partial charge in [0.05, 0.1) is 17.6 Å². The van der Waals surface area contributed by atoms with Crippen LogP contribution in [0.15, 0.2) is 53.0 Å². The largest absolute Gasteiger partial charge is 0.492 e. The van der Waals surface area contributed by atoms with E-state index in [9.17, 15) is 9.59 Å². The van der Waals surface area contributed by atoms with Crippen LogP contribution in [-0.2, 0) is 9.59 Å². The topological polar surface area (TPSA) is 58.6 Å². The molecule has 2 aromatic rings. The molecular formula is C22H27BrN2O3. The first-order valence-corrected chi connectivity index (χ1v) is 10.3. The molecule has 0 saturated heterocycles. The fourth-order valence-electron chi connectivity index (χ4n) is 2.76. The van der Waals surface area contributed by atoms with Crippen molar-refractivity contribution in [2.24, 2.45) is 0 Å². The van der Waals surface area contributed by atoms with E-state index >= 15 is 0 Å². The van der Waals surface area contributed by atoms with Gasteiger partial charge in [0.25, 0.3) is 0 Å². The molecule has 0 saturated carbocycles. The Morgan fingerprint density at radius 1 is 1.11 bits per heavy atom. The van der Waals surface area contributed by atoms with Crippen LogP contribution >= 0.6 is 15.9 Å². The predicted octanol–water partition coefficient (Wildman–Crippen LogP) is 4.79. The number of hydrogen-bond donors (Lipinski definition) is 1. The first kappa shape index (κ1) is 22.0. The predicted molar refractivity (Wildman–Crippen MR) is 116 cm³/mol. The lowest BCUT2D eigenvalue weighted by Crippen LogP contribution is -2.38. The number of amides is 2. The maximum absolute atomic E-state index is 12.5. The Hall–Kier alpha value is -2.34. The molecule has 150 valence electrons. The van der Waals surface area contributed by atoms with Gasteiger partial charge in [-0.1, -0.05) is 37.3 Å². The van der Waals surface area contributed by atoms with Crippen molar-refractivity contribution in [1.82, 2.24) is 4.90 Å². The number of benzene rings is 2. The molecule has 5 nitrogen and oxygen atoms in total. The number of nitrogens with one attached hydrogen (secondary N) is 1. The lowest BCUT2D eigenvalue weighted by Gasteiger charge is -2.22. The van der Waals surface area contributed by atoms with E-state index < -0.39 is 0 Å². The zero-order chi connectivity index (χ0) is 20.4. The quantitative estimate of drug-likeness (QED) is 0.533. The van der Waals surface area contributed by atoms with Gasteiger partial charge in [-0.25, -0.2) is 0 Å². The summed E-state index contributed by atoms with van der Waals surface area (Å²) >= 11 is 3.44. The van der Waals surface area contributed by atoms with Gasteiger partial charge in [0, 0.05) is 18.7 Å². The minimum Gasteiger partial charge on any atom is -0.492 e. The highest BCUT2D eigenvalue weighted by molar-refractivity contribution is 9.10. The van der Waals surface area contributed by atoms with Crippen LogP contribution in [0.3, 0.4) is 0 Å². The Kier molecular flexibility index (Phi) is 9.01. The molecule has 28 heavy (non-hydrogen) atoms. The molecule has 0 spiro atoms. The Labute approximate surface area is 175 Å². The molecule has 2 rings (SSSR count). The average Bonchev–Trinajstić information content (AvgIpc) is 2.68. The summed E-state index contributed by atoms with van der Waals surface area (Å²) in [5.41, 5.74) is 1.77. The van der Waals surface area contributed by atoms with Crippen LogP contribution in [0.1, 0.15) is 31.7 Å². The van der Waals surface area contributed by atoms with E-state index in [-0.39, 0.29) is 18.4 Å². The second kappa shape index (κ2) is 11.5. The lowest BCUT2D eigenvalue weighted by atomic mass is 10.2. The number of anilines is 1. The molecule has 0 aliphatic rings. The fourth-order valence-corrected chi connectivity index (χ4v) is 3.16. The number of aryl methyl sites for hydroxylation is 1. The van der Waals surface area contributed by atoms with Crippen LogP contribution in [0.25, 0.3) is 0 Å². The molecule has 0 bridgehead atoms. The van der Waals surface area contributed by atoms with Gasteiger partial charge in [-0.3, -0.25) is 9.59 Å². The number of rotatable bonds is 10. The van der Waals surface area contributed by atoms with Gasteiger partial charge in [-0.2, -0.15) is 0 Å². The number of ether oxygens (including phenoxy) is 1. The summed E-state index contributed by atoms with van der Waals surface area (Å²) in [7, 11) is 0. The molecule has 0 atom stereocenters. The molecule has 2 aromatic carbocycles. The first-order valence-electron chi connectivity index (χ1n) is 9.52. The van der Waals surface area contributed by atoms with Crippen molar-refractivity contribution in [2.75, 3.05) is 25.0 Å². The summed E-state index contributed by atoms with van der Waals surface area (Å²) in [6.45, 7) is 5.01. The van der Waals surface area contributed by atoms with Crippen LogP contribution in [-0.4, -0.2) is 36.4 Å². The van der Waals surface area contributed by atoms with Gasteiger partial charge >= 0.3 is 0 Å². The number of nitrogens with zero attached hydrogens (tertiary/aromatic N) is 1. The third-order valence-electron chi connectivity index (χ3n) is 4.23. The molecule has 6 heteroatoms. The number of carbonyl (C=O) groups excluding carboxylic acids is 2. The maximum atomic E-state index is 12.5. The fraction of sp³-hybridized carbons (Fsp3) is 0.364. The maximum Gasteiger partial charge on any atom is 0.244 e. The van der Waals surface area contributed by atoms with Gasteiger partial charge in [-0.05, 0) is 59.5 Å². The van der Waals surface area contributed by atoms with Crippen LogP contribution in [0.5, 0.6) is 5.75 Å². The van der Waals surface area contributed by atoms with Gasteiger partial charge in [0.2, 0.25) is 11.8 Å². The molecule has 0 fully saturated rings. The van der Waals surface area contributed by atoms with Crippen LogP contribution < -0.4 is 10.1 Å². The average molecular weight is 447 g/mol. The molecular weight excluding hydrogens is 420 g/mol. The first-order chi connectivity index (χ1) is 13.5. The molecule has 0 aromatic heterocycles. The zero-order valence-electron chi connectivity index (χ0n) is 16.4. The van der Waals surface area contributed by atoms with Gasteiger partial charge in [0.1, 0.15) is 5.75 Å². The molecule has 0 heterocycles. The number of para-hydroxylation sites is 2. The van der Waals surface area contributed by atoms with Gasteiger partial charge < -0.3 is 15.0 Å². The summed E-state index contributed by atoms with van der Waals surface area (Å²) in [6.07, 6.45) is 1.75. The number of hydrogen-bond acceptors (Lipinski definition) is 3. The highest BCUT2D eigenvalue weighted by atomic mass is 79.9. The van der Waals surface area contributed by atoms with E-state index in [2.05, 4.69) is 21.2 Å². The van der Waals surface area contributed by atoms with E-state index in [0.29, 0.717) is 26.0 Å². The SMILES string of the molecule is CCCN(CC(=O)Nc1ccccc1C)C(=O)CCCOc1ccccc1Br. The van der Waals surface area contributed by atoms with E-state index in [1.165, 1.54) is 0 Å². The van der Waals surface area contributed by atoms with Crippen molar-refractivity contribution < 1.29 is 14.3 Å². The zero-order valence-corrected chi connectivity index (χ0v) is 18.0. The third kappa shape index (κ3) is 7.00. The van der Waals surface area contributed by atoms with Crippen molar-refractivity contribution in [2.45, 2.75) is 33.1 Å². The summed E-state index contributed by atoms with van der Waals surface area (Å²) in [6, 6.07) is 15.2. The van der Waals surface area contributed by atoms with Crippen molar-refractivity contribution >= 4 is 33.4 Å². The highest BCUT2D eigenvalue weighted by Gasteiger charge is 2.16. The van der Waals surface area contributed by atoms with Crippen LogP contribution in [0.4, 0.5) is 5.69 Å². The summed E-state index contributed by atoms with van der Waals surface area (Å²) in [5, 5.41) is 2.89.